The summed E-state index contributed by atoms with van der Waals surface area (Å²) in [5.74, 6) is -4.10. The Balaban J connectivity index is 1.64. The third-order valence-corrected chi connectivity index (χ3v) is 7.06. The molecule has 1 unspecified atom stereocenters. The van der Waals surface area contributed by atoms with Crippen LogP contribution in [0.15, 0.2) is 94.7 Å². The van der Waals surface area contributed by atoms with Crippen molar-refractivity contribution in [2.75, 3.05) is 11.9 Å². The summed E-state index contributed by atoms with van der Waals surface area (Å²) in [6.45, 7) is 0. The maximum Gasteiger partial charge on any atom is 0.335 e. The molecule has 0 aliphatic rings. The minimum absolute atomic E-state index is 0.000334. The Bertz CT molecular complexity index is 1450. The third-order valence-electron chi connectivity index (χ3n) is 5.47. The molecule has 0 saturated heterocycles. The quantitative estimate of drug-likeness (QED) is 0.220. The van der Waals surface area contributed by atoms with Gasteiger partial charge < -0.3 is 14.6 Å². The molecule has 182 valence electrons. The van der Waals surface area contributed by atoms with Crippen LogP contribution in [0.3, 0.4) is 0 Å². The van der Waals surface area contributed by atoms with Crippen LogP contribution in [-0.2, 0) is 11.2 Å². The van der Waals surface area contributed by atoms with E-state index in [9.17, 15) is 28.0 Å². The fraction of sp³-hybridized carbons (Fsp3) is 0.0370. The number of anilines is 2. The molecule has 0 bridgehead atoms. The third kappa shape index (κ3) is 5.41. The second-order valence-electron chi connectivity index (χ2n) is 7.81. The van der Waals surface area contributed by atoms with Crippen molar-refractivity contribution in [1.82, 2.24) is 0 Å². The average molecular weight is 526 g/mol. The Hall–Kier alpha value is -3.72. The molecule has 5 nitrogen and oxygen atoms in total. The lowest BCUT2D eigenvalue weighted by atomic mass is 10.0. The molecule has 0 amide bonds. The first-order chi connectivity index (χ1) is 17.1. The Labute approximate surface area is 213 Å². The first-order valence-electron chi connectivity index (χ1n) is 10.5. The van der Waals surface area contributed by atoms with Gasteiger partial charge in [0.05, 0.1) is 5.56 Å². The van der Waals surface area contributed by atoms with Crippen molar-refractivity contribution in [2.45, 2.75) is 9.79 Å². The van der Waals surface area contributed by atoms with Gasteiger partial charge in [0.25, 0.3) is 0 Å². The van der Waals surface area contributed by atoms with E-state index in [2.05, 4.69) is 0 Å². The molecule has 0 aliphatic carbocycles. The van der Waals surface area contributed by atoms with E-state index in [0.29, 0.717) is 5.02 Å². The summed E-state index contributed by atoms with van der Waals surface area (Å²) in [6, 6.07) is 20.3. The van der Waals surface area contributed by atoms with Crippen LogP contribution in [-0.4, -0.2) is 28.5 Å². The van der Waals surface area contributed by atoms with Gasteiger partial charge in [0.15, 0.2) is 27.2 Å². The lowest BCUT2D eigenvalue weighted by molar-refractivity contribution is 0.0696. The van der Waals surface area contributed by atoms with Crippen LogP contribution in [0.1, 0.15) is 26.3 Å². The fourth-order valence-corrected chi connectivity index (χ4v) is 4.77. The molecule has 4 aromatic carbocycles. The molecule has 1 atom stereocenters. The van der Waals surface area contributed by atoms with Gasteiger partial charge in [0.2, 0.25) is 0 Å². The normalized spacial score (nSPS) is 11.7. The summed E-state index contributed by atoms with van der Waals surface area (Å²) in [5, 5.41) is 10.1. The molecule has 0 heterocycles. The van der Waals surface area contributed by atoms with Gasteiger partial charge in [0.1, 0.15) is 0 Å². The summed E-state index contributed by atoms with van der Waals surface area (Å²) in [7, 11) is 1.86. The van der Waals surface area contributed by atoms with Gasteiger partial charge >= 0.3 is 5.97 Å². The number of aromatic carboxylic acids is 1. The predicted molar refractivity (Wildman–Crippen MR) is 134 cm³/mol. The molecule has 0 saturated carbocycles. The maximum absolute atomic E-state index is 13.6. The highest BCUT2D eigenvalue weighted by Gasteiger charge is 2.23. The van der Waals surface area contributed by atoms with Crippen LogP contribution in [0, 0.1) is 11.6 Å². The van der Waals surface area contributed by atoms with E-state index in [1.54, 1.807) is 36.4 Å². The summed E-state index contributed by atoms with van der Waals surface area (Å²) in [5.41, 5.74) is 1.71. The van der Waals surface area contributed by atoms with E-state index in [1.165, 1.54) is 12.1 Å². The molecular formula is C27H18ClF2NO4S. The van der Waals surface area contributed by atoms with Crippen molar-refractivity contribution in [3.63, 3.8) is 0 Å². The Morgan fingerprint density at radius 3 is 1.94 bits per heavy atom. The zero-order valence-corrected chi connectivity index (χ0v) is 20.3. The van der Waals surface area contributed by atoms with E-state index in [4.69, 9.17) is 11.6 Å². The van der Waals surface area contributed by atoms with Gasteiger partial charge in [0, 0.05) is 63.9 Å². The molecule has 0 aliphatic heterocycles. The highest BCUT2D eigenvalue weighted by Crippen LogP contribution is 2.28. The topological polar surface area (TPSA) is 80.7 Å². The van der Waals surface area contributed by atoms with Gasteiger partial charge in [-0.2, -0.15) is 0 Å². The van der Waals surface area contributed by atoms with Crippen LogP contribution in [0.4, 0.5) is 20.2 Å². The molecule has 0 aromatic heterocycles. The molecule has 4 aromatic rings. The minimum Gasteiger partial charge on any atom is -0.606 e. The standard InChI is InChI=1S/C27H18ClF2NO4S/c1-31(21-8-4-19(28)5-9-21)20-6-2-16(3-7-20)26(32)17-12-18(27(33)34)14-23(13-17)36(35)22-10-11-24(29)25(30)15-22/h2-15H,1H3,(H,33,34). The van der Waals surface area contributed by atoms with Crippen molar-refractivity contribution in [3.8, 4) is 0 Å². The smallest absolute Gasteiger partial charge is 0.335 e. The highest BCUT2D eigenvalue weighted by atomic mass is 35.5. The number of hydrogen-bond donors (Lipinski definition) is 1. The van der Waals surface area contributed by atoms with E-state index in [-0.39, 0.29) is 26.5 Å². The molecule has 36 heavy (non-hydrogen) atoms. The zero-order chi connectivity index (χ0) is 26.0. The molecule has 1 N–H and O–H groups in total. The van der Waals surface area contributed by atoms with Crippen LogP contribution < -0.4 is 4.90 Å². The predicted octanol–water partition coefficient (Wildman–Crippen LogP) is 6.48. The molecule has 0 radical (unpaired) electrons. The molecule has 0 fully saturated rings. The van der Waals surface area contributed by atoms with Gasteiger partial charge in [-0.15, -0.1) is 0 Å². The summed E-state index contributed by atoms with van der Waals surface area (Å²) >= 11 is 3.90. The number of rotatable bonds is 7. The Kier molecular flexibility index (Phi) is 7.40. The van der Waals surface area contributed by atoms with Crippen molar-refractivity contribution in [2.24, 2.45) is 0 Å². The van der Waals surface area contributed by atoms with E-state index < -0.39 is 34.6 Å². The Morgan fingerprint density at radius 1 is 0.778 bits per heavy atom. The van der Waals surface area contributed by atoms with Crippen molar-refractivity contribution in [1.29, 1.82) is 0 Å². The molecule has 4 rings (SSSR count). The number of carbonyl (C=O) groups excluding carboxylic acids is 1. The second-order valence-corrected chi connectivity index (χ2v) is 9.72. The van der Waals surface area contributed by atoms with Crippen LogP contribution in [0.2, 0.25) is 5.02 Å². The van der Waals surface area contributed by atoms with Crippen molar-refractivity contribution >= 4 is 45.9 Å². The van der Waals surface area contributed by atoms with E-state index in [1.807, 2.05) is 24.1 Å². The van der Waals surface area contributed by atoms with Crippen molar-refractivity contribution < 1.29 is 28.0 Å². The summed E-state index contributed by atoms with van der Waals surface area (Å²) < 4.78 is 39.9. The lowest BCUT2D eigenvalue weighted by Crippen LogP contribution is -2.11. The fourth-order valence-electron chi connectivity index (χ4n) is 3.51. The lowest BCUT2D eigenvalue weighted by Gasteiger charge is -2.20. The van der Waals surface area contributed by atoms with Crippen LogP contribution in [0.25, 0.3) is 0 Å². The SMILES string of the molecule is CN(c1ccc(Cl)cc1)c1ccc(C(=O)c2cc(C(=O)O)cc([S+]([O-])c3ccc(F)c(F)c3)c2)cc1. The zero-order valence-electron chi connectivity index (χ0n) is 18.7. The maximum atomic E-state index is 13.6. The van der Waals surface area contributed by atoms with Gasteiger partial charge in [-0.1, -0.05) is 11.6 Å². The number of hydrogen-bond acceptors (Lipinski definition) is 4. The number of carbonyl (C=O) groups is 2. The number of carboxylic acids is 1. The average Bonchev–Trinajstić information content (AvgIpc) is 2.89. The monoisotopic (exact) mass is 525 g/mol. The Morgan fingerprint density at radius 2 is 1.36 bits per heavy atom. The van der Waals surface area contributed by atoms with Crippen molar-refractivity contribution in [3.05, 3.63) is 118 Å². The van der Waals surface area contributed by atoms with Crippen LogP contribution >= 0.6 is 11.6 Å². The number of benzene rings is 4. The minimum atomic E-state index is -2.05. The molecule has 9 heteroatoms. The van der Waals surface area contributed by atoms with Gasteiger partial charge in [-0.05, 0) is 66.7 Å². The highest BCUT2D eigenvalue weighted by molar-refractivity contribution is 7.91. The molecular weight excluding hydrogens is 508 g/mol. The first kappa shape index (κ1) is 25.4. The number of nitrogens with zero attached hydrogens (tertiary/aromatic N) is 1. The summed E-state index contributed by atoms with van der Waals surface area (Å²) in [6.07, 6.45) is 0. The largest absolute Gasteiger partial charge is 0.606 e. The second kappa shape index (κ2) is 10.5. The van der Waals surface area contributed by atoms with Gasteiger partial charge in [-0.3, -0.25) is 4.79 Å². The summed E-state index contributed by atoms with van der Waals surface area (Å²) in [4.78, 5) is 26.7. The van der Waals surface area contributed by atoms with E-state index in [0.717, 1.165) is 35.6 Å². The van der Waals surface area contributed by atoms with E-state index >= 15 is 0 Å². The van der Waals surface area contributed by atoms with Gasteiger partial charge in [-0.25, -0.2) is 13.6 Å². The number of ketones is 1. The first-order valence-corrected chi connectivity index (χ1v) is 12.1. The number of halogens is 3. The van der Waals surface area contributed by atoms with Crippen LogP contribution in [0.5, 0.6) is 0 Å². The number of carboxylic acid groups (broad SMARTS) is 1. The molecule has 0 spiro atoms.